The molecule has 1 aliphatic heterocycles. The molecule has 1 fully saturated rings. The summed E-state index contributed by atoms with van der Waals surface area (Å²) in [5.74, 6) is 0.566. The van der Waals surface area contributed by atoms with E-state index in [1.165, 1.54) is 16.2 Å². The van der Waals surface area contributed by atoms with Gasteiger partial charge in [0, 0.05) is 5.92 Å². The van der Waals surface area contributed by atoms with Gasteiger partial charge in [-0.05, 0) is 31.9 Å². The number of benzene rings is 1. The number of rotatable bonds is 4. The van der Waals surface area contributed by atoms with Crippen molar-refractivity contribution in [3.63, 3.8) is 0 Å². The first kappa shape index (κ1) is 15.1. The first-order chi connectivity index (χ1) is 11.6. The fourth-order valence-corrected chi connectivity index (χ4v) is 3.53. The maximum Gasteiger partial charge on any atom is 0.268 e. The topological polar surface area (TPSA) is 84.4 Å². The van der Waals surface area contributed by atoms with Gasteiger partial charge in [0.05, 0.1) is 5.69 Å². The highest BCUT2D eigenvalue weighted by atomic mass is 32.1. The van der Waals surface area contributed by atoms with Crippen molar-refractivity contribution < 1.29 is 14.3 Å². The van der Waals surface area contributed by atoms with E-state index in [0.29, 0.717) is 22.5 Å². The number of ether oxygens (including phenoxy) is 1. The molecule has 1 atom stereocenters. The van der Waals surface area contributed by atoms with E-state index in [1.54, 1.807) is 19.1 Å². The highest BCUT2D eigenvalue weighted by Crippen LogP contribution is 2.42. The number of amides is 2. The van der Waals surface area contributed by atoms with Gasteiger partial charge in [0.2, 0.25) is 11.0 Å². The van der Waals surface area contributed by atoms with E-state index in [1.807, 2.05) is 12.1 Å². The van der Waals surface area contributed by atoms with Crippen LogP contribution in [0.1, 0.15) is 30.7 Å². The van der Waals surface area contributed by atoms with Gasteiger partial charge in [0.1, 0.15) is 17.3 Å². The Morgan fingerprint density at radius 1 is 1.38 bits per heavy atom. The van der Waals surface area contributed by atoms with E-state index in [-0.39, 0.29) is 18.4 Å². The van der Waals surface area contributed by atoms with Crippen molar-refractivity contribution in [3.05, 3.63) is 29.3 Å². The van der Waals surface area contributed by atoms with Crippen LogP contribution in [-0.2, 0) is 9.59 Å². The molecule has 1 aliphatic carbocycles. The Hall–Kier alpha value is -2.48. The molecule has 2 heterocycles. The first-order valence-corrected chi connectivity index (χ1v) is 8.64. The SMILES string of the molecule is C[C@H]1Oc2ccccc2N(CC(=O)Nc2nnc(C3CC3)s2)C1=O. The van der Waals surface area contributed by atoms with Crippen LogP contribution in [-0.4, -0.2) is 34.7 Å². The van der Waals surface area contributed by atoms with Crippen molar-refractivity contribution in [2.75, 3.05) is 16.8 Å². The summed E-state index contributed by atoms with van der Waals surface area (Å²) in [6.45, 7) is 1.59. The average molecular weight is 344 g/mol. The van der Waals surface area contributed by atoms with Crippen molar-refractivity contribution >= 4 is 34.0 Å². The van der Waals surface area contributed by atoms with Crippen LogP contribution < -0.4 is 15.0 Å². The molecule has 1 aromatic heterocycles. The van der Waals surface area contributed by atoms with Crippen molar-refractivity contribution in [2.24, 2.45) is 0 Å². The molecule has 24 heavy (non-hydrogen) atoms. The summed E-state index contributed by atoms with van der Waals surface area (Å²) >= 11 is 1.40. The number of nitrogens with zero attached hydrogens (tertiary/aromatic N) is 3. The van der Waals surface area contributed by atoms with Gasteiger partial charge in [-0.15, -0.1) is 10.2 Å². The van der Waals surface area contributed by atoms with Crippen LogP contribution in [0, 0.1) is 0 Å². The zero-order valence-electron chi connectivity index (χ0n) is 13.1. The lowest BCUT2D eigenvalue weighted by molar-refractivity contribution is -0.127. The lowest BCUT2D eigenvalue weighted by atomic mass is 10.2. The number of nitrogens with one attached hydrogen (secondary N) is 1. The number of hydrogen-bond acceptors (Lipinski definition) is 6. The third-order valence-electron chi connectivity index (χ3n) is 3.99. The molecule has 0 unspecified atom stereocenters. The zero-order chi connectivity index (χ0) is 16.7. The summed E-state index contributed by atoms with van der Waals surface area (Å²) in [7, 11) is 0. The zero-order valence-corrected chi connectivity index (χ0v) is 13.9. The fraction of sp³-hybridized carbons (Fsp3) is 0.375. The second-order valence-corrected chi connectivity index (χ2v) is 6.93. The van der Waals surface area contributed by atoms with Crippen molar-refractivity contribution in [1.82, 2.24) is 10.2 Å². The average Bonchev–Trinajstić information content (AvgIpc) is 3.32. The van der Waals surface area contributed by atoms with Gasteiger partial charge in [-0.25, -0.2) is 0 Å². The summed E-state index contributed by atoms with van der Waals surface area (Å²) in [6.07, 6.45) is 1.66. The van der Waals surface area contributed by atoms with Gasteiger partial charge in [-0.3, -0.25) is 19.8 Å². The largest absolute Gasteiger partial charge is 0.479 e. The lowest BCUT2D eigenvalue weighted by Crippen LogP contribution is -2.47. The molecule has 1 aromatic carbocycles. The fourth-order valence-electron chi connectivity index (χ4n) is 2.60. The predicted molar refractivity (Wildman–Crippen MR) is 89.4 cm³/mol. The first-order valence-electron chi connectivity index (χ1n) is 7.82. The summed E-state index contributed by atoms with van der Waals surface area (Å²) in [6, 6.07) is 7.20. The minimum atomic E-state index is -0.615. The third-order valence-corrected chi connectivity index (χ3v) is 4.99. The molecule has 124 valence electrons. The minimum absolute atomic E-state index is 0.0815. The third kappa shape index (κ3) is 2.84. The van der Waals surface area contributed by atoms with Gasteiger partial charge in [0.15, 0.2) is 6.10 Å². The summed E-state index contributed by atoms with van der Waals surface area (Å²) in [5.41, 5.74) is 0.603. The van der Waals surface area contributed by atoms with Gasteiger partial charge < -0.3 is 4.74 Å². The van der Waals surface area contributed by atoms with Gasteiger partial charge in [0.25, 0.3) is 5.91 Å². The van der Waals surface area contributed by atoms with Gasteiger partial charge in [-0.2, -0.15) is 0 Å². The molecule has 0 saturated heterocycles. The number of carbonyl (C=O) groups excluding carboxylic acids is 2. The number of aromatic nitrogens is 2. The molecule has 4 rings (SSSR count). The van der Waals surface area contributed by atoms with Crippen LogP contribution in [0.2, 0.25) is 0 Å². The normalized spacial score (nSPS) is 19.6. The van der Waals surface area contributed by atoms with E-state index >= 15 is 0 Å². The summed E-state index contributed by atoms with van der Waals surface area (Å²) in [5, 5.41) is 12.3. The maximum absolute atomic E-state index is 12.4. The molecule has 8 heteroatoms. The Morgan fingerprint density at radius 2 is 2.17 bits per heavy atom. The number of carbonyl (C=O) groups is 2. The van der Waals surface area contributed by atoms with Crippen LogP contribution in [0.25, 0.3) is 0 Å². The monoisotopic (exact) mass is 344 g/mol. The molecule has 2 amide bonds. The second-order valence-electron chi connectivity index (χ2n) is 5.92. The molecule has 2 aromatic rings. The summed E-state index contributed by atoms with van der Waals surface area (Å²) < 4.78 is 5.57. The highest BCUT2D eigenvalue weighted by Gasteiger charge is 2.33. The Balaban J connectivity index is 1.48. The smallest absolute Gasteiger partial charge is 0.268 e. The Labute approximate surface area is 142 Å². The molecule has 0 bridgehead atoms. The molecule has 7 nitrogen and oxygen atoms in total. The van der Waals surface area contributed by atoms with Gasteiger partial charge in [-0.1, -0.05) is 23.5 Å². The van der Waals surface area contributed by atoms with E-state index in [2.05, 4.69) is 15.5 Å². The standard InChI is InChI=1S/C16H16N4O3S/c1-9-15(22)20(11-4-2-3-5-12(11)23-9)8-13(21)17-16-19-18-14(24-16)10-6-7-10/h2-5,9-10H,6-8H2,1H3,(H,17,19,21)/t9-/m1/s1. The molecular formula is C16H16N4O3S. The van der Waals surface area contributed by atoms with E-state index < -0.39 is 6.10 Å². The van der Waals surface area contributed by atoms with Gasteiger partial charge >= 0.3 is 0 Å². The highest BCUT2D eigenvalue weighted by molar-refractivity contribution is 7.15. The molecule has 1 saturated carbocycles. The van der Waals surface area contributed by atoms with E-state index in [9.17, 15) is 9.59 Å². The molecule has 0 radical (unpaired) electrons. The Bertz CT molecular complexity index is 802. The number of fused-ring (bicyclic) bond motifs is 1. The Morgan fingerprint density at radius 3 is 2.96 bits per heavy atom. The lowest BCUT2D eigenvalue weighted by Gasteiger charge is -2.32. The summed E-state index contributed by atoms with van der Waals surface area (Å²) in [4.78, 5) is 26.1. The van der Waals surface area contributed by atoms with E-state index in [4.69, 9.17) is 4.74 Å². The second kappa shape index (κ2) is 5.86. The van der Waals surface area contributed by atoms with Crippen LogP contribution >= 0.6 is 11.3 Å². The van der Waals surface area contributed by atoms with E-state index in [0.717, 1.165) is 17.8 Å². The number of anilines is 2. The molecule has 2 aliphatic rings. The van der Waals surface area contributed by atoms with Crippen LogP contribution in [0.4, 0.5) is 10.8 Å². The quantitative estimate of drug-likeness (QED) is 0.919. The van der Waals surface area contributed by atoms with Crippen molar-refractivity contribution in [1.29, 1.82) is 0 Å². The Kier molecular flexibility index (Phi) is 3.68. The van der Waals surface area contributed by atoms with Crippen molar-refractivity contribution in [3.8, 4) is 5.75 Å². The van der Waals surface area contributed by atoms with Crippen LogP contribution in [0.3, 0.4) is 0 Å². The minimum Gasteiger partial charge on any atom is -0.479 e. The predicted octanol–water partition coefficient (Wildman–Crippen LogP) is 2.17. The maximum atomic E-state index is 12.4. The van der Waals surface area contributed by atoms with Crippen molar-refractivity contribution in [2.45, 2.75) is 31.8 Å². The molecule has 0 spiro atoms. The number of hydrogen-bond donors (Lipinski definition) is 1. The van der Waals surface area contributed by atoms with Crippen LogP contribution in [0.5, 0.6) is 5.75 Å². The number of para-hydroxylation sites is 2. The molecule has 1 N–H and O–H groups in total. The van der Waals surface area contributed by atoms with Crippen LogP contribution in [0.15, 0.2) is 24.3 Å². The molecular weight excluding hydrogens is 328 g/mol.